The lowest BCUT2D eigenvalue weighted by molar-refractivity contribution is 0.0977. The molecule has 0 saturated carbocycles. The summed E-state index contributed by atoms with van der Waals surface area (Å²) in [6.07, 6.45) is 0.792. The van der Waals surface area contributed by atoms with Gasteiger partial charge >= 0.3 is 0 Å². The molecule has 5 heteroatoms. The van der Waals surface area contributed by atoms with Crippen LogP contribution in [0.1, 0.15) is 45.2 Å². The molecule has 112 valence electrons. The molecule has 0 heterocycles. The molecule has 0 bridgehead atoms. The molecule has 2 aromatic rings. The van der Waals surface area contributed by atoms with E-state index in [1.54, 1.807) is 30.3 Å². The molecule has 0 radical (unpaired) electrons. The lowest BCUT2D eigenvalue weighted by Gasteiger charge is -2.22. The number of carbonyl (C=O) groups is 2. The van der Waals surface area contributed by atoms with Gasteiger partial charge in [-0.1, -0.05) is 19.1 Å². The SMILES string of the molecule is CCCOc1ccc(N)c2c1C(=O)c1c(N)cccc1C2=O. The van der Waals surface area contributed by atoms with Crippen molar-refractivity contribution < 1.29 is 14.3 Å². The van der Waals surface area contributed by atoms with Crippen LogP contribution in [0.4, 0.5) is 11.4 Å². The van der Waals surface area contributed by atoms with Crippen LogP contribution in [0.5, 0.6) is 5.75 Å². The summed E-state index contributed by atoms with van der Waals surface area (Å²) in [5.41, 5.74) is 13.3. The quantitative estimate of drug-likeness (QED) is 0.724. The van der Waals surface area contributed by atoms with Gasteiger partial charge in [0.15, 0.2) is 11.6 Å². The van der Waals surface area contributed by atoms with Crippen molar-refractivity contribution in [2.24, 2.45) is 0 Å². The molecule has 0 unspecified atom stereocenters. The van der Waals surface area contributed by atoms with Crippen molar-refractivity contribution in [2.45, 2.75) is 13.3 Å². The number of hydrogen-bond donors (Lipinski definition) is 2. The van der Waals surface area contributed by atoms with Gasteiger partial charge in [0.25, 0.3) is 0 Å². The second-order valence-electron chi connectivity index (χ2n) is 5.18. The number of anilines is 2. The lowest BCUT2D eigenvalue weighted by Crippen LogP contribution is -2.24. The number of rotatable bonds is 3. The third kappa shape index (κ3) is 1.94. The fraction of sp³-hybridized carbons (Fsp3) is 0.176. The second kappa shape index (κ2) is 5.18. The van der Waals surface area contributed by atoms with Crippen molar-refractivity contribution in [3.8, 4) is 5.75 Å². The Morgan fingerprint density at radius 1 is 0.909 bits per heavy atom. The second-order valence-corrected chi connectivity index (χ2v) is 5.18. The van der Waals surface area contributed by atoms with Gasteiger partial charge < -0.3 is 16.2 Å². The standard InChI is InChI=1S/C17H16N2O3/c1-2-8-22-12-7-6-11(19)14-15(12)17(21)13-9(16(14)20)4-3-5-10(13)18/h3-7H,2,8,18-19H2,1H3. The highest BCUT2D eigenvalue weighted by Gasteiger charge is 2.35. The molecular weight excluding hydrogens is 280 g/mol. The van der Waals surface area contributed by atoms with Crippen molar-refractivity contribution in [1.29, 1.82) is 0 Å². The summed E-state index contributed by atoms with van der Waals surface area (Å²) in [5, 5.41) is 0. The molecule has 22 heavy (non-hydrogen) atoms. The largest absolute Gasteiger partial charge is 0.493 e. The van der Waals surface area contributed by atoms with E-state index in [2.05, 4.69) is 0 Å². The average Bonchev–Trinajstić information content (AvgIpc) is 2.51. The van der Waals surface area contributed by atoms with Crippen LogP contribution in [0.25, 0.3) is 0 Å². The maximum atomic E-state index is 12.8. The summed E-state index contributed by atoms with van der Waals surface area (Å²) in [4.78, 5) is 25.6. The minimum Gasteiger partial charge on any atom is -0.493 e. The Balaban J connectivity index is 2.27. The molecule has 1 aliphatic rings. The van der Waals surface area contributed by atoms with Gasteiger partial charge in [0.2, 0.25) is 0 Å². The van der Waals surface area contributed by atoms with Crippen LogP contribution < -0.4 is 16.2 Å². The zero-order valence-corrected chi connectivity index (χ0v) is 12.2. The molecular formula is C17H16N2O3. The number of benzene rings is 2. The van der Waals surface area contributed by atoms with Crippen molar-refractivity contribution >= 4 is 22.9 Å². The summed E-state index contributed by atoms with van der Waals surface area (Å²) in [7, 11) is 0. The molecule has 0 aliphatic heterocycles. The van der Waals surface area contributed by atoms with E-state index < -0.39 is 0 Å². The van der Waals surface area contributed by atoms with Gasteiger partial charge in [0, 0.05) is 16.9 Å². The van der Waals surface area contributed by atoms with E-state index in [4.69, 9.17) is 16.2 Å². The van der Waals surface area contributed by atoms with E-state index >= 15 is 0 Å². The van der Waals surface area contributed by atoms with Gasteiger partial charge in [-0.3, -0.25) is 9.59 Å². The number of nitrogens with two attached hydrogens (primary N) is 2. The van der Waals surface area contributed by atoms with Gasteiger partial charge in [-0.2, -0.15) is 0 Å². The van der Waals surface area contributed by atoms with Crippen LogP contribution in [-0.4, -0.2) is 18.2 Å². The predicted molar refractivity (Wildman–Crippen MR) is 84.4 cm³/mol. The number of fused-ring (bicyclic) bond motifs is 2. The summed E-state index contributed by atoms with van der Waals surface area (Å²) in [6, 6.07) is 8.06. The van der Waals surface area contributed by atoms with Crippen LogP contribution >= 0.6 is 0 Å². The van der Waals surface area contributed by atoms with Gasteiger partial charge in [-0.05, 0) is 24.6 Å². The van der Waals surface area contributed by atoms with Gasteiger partial charge in [0.05, 0.1) is 23.3 Å². The van der Waals surface area contributed by atoms with Crippen LogP contribution in [0.3, 0.4) is 0 Å². The number of ether oxygens (including phenoxy) is 1. The minimum atomic E-state index is -0.318. The van der Waals surface area contributed by atoms with Crippen molar-refractivity contribution in [1.82, 2.24) is 0 Å². The van der Waals surface area contributed by atoms with Crippen molar-refractivity contribution in [3.05, 3.63) is 52.6 Å². The first kappa shape index (κ1) is 14.1. The Morgan fingerprint density at radius 2 is 1.64 bits per heavy atom. The Kier molecular flexibility index (Phi) is 3.33. The first-order chi connectivity index (χ1) is 10.6. The Hall–Kier alpha value is -2.82. The summed E-state index contributed by atoms with van der Waals surface area (Å²) in [5.74, 6) is -0.240. The summed E-state index contributed by atoms with van der Waals surface area (Å²) >= 11 is 0. The van der Waals surface area contributed by atoms with E-state index in [0.29, 0.717) is 12.4 Å². The summed E-state index contributed by atoms with van der Waals surface area (Å²) < 4.78 is 5.61. The summed E-state index contributed by atoms with van der Waals surface area (Å²) in [6.45, 7) is 2.42. The van der Waals surface area contributed by atoms with Crippen molar-refractivity contribution in [2.75, 3.05) is 18.1 Å². The third-order valence-corrected chi connectivity index (χ3v) is 3.68. The molecule has 5 nitrogen and oxygen atoms in total. The highest BCUT2D eigenvalue weighted by molar-refractivity contribution is 6.32. The molecule has 0 spiro atoms. The average molecular weight is 296 g/mol. The van der Waals surface area contributed by atoms with Crippen molar-refractivity contribution in [3.63, 3.8) is 0 Å². The molecule has 0 aromatic heterocycles. The van der Waals surface area contributed by atoms with E-state index in [-0.39, 0.29) is 45.2 Å². The molecule has 0 fully saturated rings. The number of hydrogen-bond acceptors (Lipinski definition) is 5. The molecule has 0 atom stereocenters. The smallest absolute Gasteiger partial charge is 0.200 e. The Labute approximate surface area is 127 Å². The third-order valence-electron chi connectivity index (χ3n) is 3.68. The zero-order valence-electron chi connectivity index (χ0n) is 12.2. The van der Waals surface area contributed by atoms with E-state index in [1.165, 1.54) is 0 Å². The number of ketones is 2. The molecule has 3 rings (SSSR count). The first-order valence-electron chi connectivity index (χ1n) is 7.09. The molecule has 1 aliphatic carbocycles. The lowest BCUT2D eigenvalue weighted by atomic mass is 9.82. The normalized spacial score (nSPS) is 12.8. The van der Waals surface area contributed by atoms with Crippen LogP contribution in [0.15, 0.2) is 30.3 Å². The van der Waals surface area contributed by atoms with E-state index in [0.717, 1.165) is 6.42 Å². The van der Waals surface area contributed by atoms with E-state index in [1.807, 2.05) is 6.92 Å². The fourth-order valence-electron chi connectivity index (χ4n) is 2.67. The maximum Gasteiger partial charge on any atom is 0.200 e. The minimum absolute atomic E-state index is 0.205. The fourth-order valence-corrected chi connectivity index (χ4v) is 2.67. The first-order valence-corrected chi connectivity index (χ1v) is 7.09. The van der Waals surface area contributed by atoms with Crippen LogP contribution in [0, 0.1) is 0 Å². The number of nitrogen functional groups attached to an aromatic ring is 2. The van der Waals surface area contributed by atoms with Gasteiger partial charge in [-0.25, -0.2) is 0 Å². The predicted octanol–water partition coefficient (Wildman–Crippen LogP) is 2.42. The van der Waals surface area contributed by atoms with E-state index in [9.17, 15) is 9.59 Å². The molecule has 0 saturated heterocycles. The molecule has 0 amide bonds. The molecule has 4 N–H and O–H groups in total. The number of carbonyl (C=O) groups excluding carboxylic acids is 2. The highest BCUT2D eigenvalue weighted by Crippen LogP contribution is 2.38. The van der Waals surface area contributed by atoms with Gasteiger partial charge in [0.1, 0.15) is 5.75 Å². The van der Waals surface area contributed by atoms with Crippen LogP contribution in [-0.2, 0) is 0 Å². The van der Waals surface area contributed by atoms with Gasteiger partial charge in [-0.15, -0.1) is 0 Å². The monoisotopic (exact) mass is 296 g/mol. The maximum absolute atomic E-state index is 12.8. The highest BCUT2D eigenvalue weighted by atomic mass is 16.5. The zero-order chi connectivity index (χ0) is 15.9. The topological polar surface area (TPSA) is 95.4 Å². The Bertz CT molecular complexity index is 797. The van der Waals surface area contributed by atoms with Crippen LogP contribution in [0.2, 0.25) is 0 Å². The molecule has 2 aromatic carbocycles. The Morgan fingerprint density at radius 3 is 2.36 bits per heavy atom.